The molecule has 4 rings (SSSR count). The molecule has 1 amide bonds. The van der Waals surface area contributed by atoms with E-state index >= 15 is 0 Å². The van der Waals surface area contributed by atoms with Crippen LogP contribution in [0.25, 0.3) is 10.6 Å². The van der Waals surface area contributed by atoms with E-state index in [0.29, 0.717) is 36.5 Å². The first kappa shape index (κ1) is 21.4. The number of amides is 1. The van der Waals surface area contributed by atoms with Crippen molar-refractivity contribution >= 4 is 23.2 Å². The molecule has 0 unspecified atom stereocenters. The van der Waals surface area contributed by atoms with E-state index in [4.69, 9.17) is 4.52 Å². The monoisotopic (exact) mass is 442 g/mol. The lowest BCUT2D eigenvalue weighted by Gasteiger charge is -2.32. The Bertz CT molecular complexity index is 1110. The summed E-state index contributed by atoms with van der Waals surface area (Å²) in [7, 11) is 0. The predicted octanol–water partition coefficient (Wildman–Crippen LogP) is 3.31. The molecule has 0 radical (unpaired) electrons. The maximum atomic E-state index is 12.9. The first-order chi connectivity index (χ1) is 14.8. The zero-order chi connectivity index (χ0) is 22.1. The number of likely N-dealkylation sites (tertiary alicyclic amines) is 1. The standard InChI is InChI=1S/C21H26N6O3S/c1-12-10-17(30-24-12)21-20(22-25-31-21)16-6-5-8-26(11-16)18(29)7-9-27-14(3)19(15(4)28)13(2)23-27/h10,16H,5-9,11H2,1-4H3/t16-/m1/s1. The highest BCUT2D eigenvalue weighted by Gasteiger charge is 2.30. The topological polar surface area (TPSA) is 107 Å². The van der Waals surface area contributed by atoms with Gasteiger partial charge in [0.05, 0.1) is 22.6 Å². The van der Waals surface area contributed by atoms with Gasteiger partial charge in [-0.05, 0) is 52.1 Å². The Labute approximate surface area is 184 Å². The van der Waals surface area contributed by atoms with Crippen LogP contribution in [0.3, 0.4) is 0 Å². The number of aromatic nitrogens is 5. The SMILES string of the molecule is CC(=O)c1c(C)nn(CCC(=O)N2CCC[C@@H](c3nnsc3-c3cc(C)no3)C2)c1C. The van der Waals surface area contributed by atoms with Crippen molar-refractivity contribution in [2.45, 2.75) is 59.4 Å². The van der Waals surface area contributed by atoms with Crippen LogP contribution in [-0.2, 0) is 11.3 Å². The molecule has 1 aliphatic rings. The van der Waals surface area contributed by atoms with Crippen LogP contribution in [-0.4, -0.2) is 54.2 Å². The van der Waals surface area contributed by atoms with Gasteiger partial charge >= 0.3 is 0 Å². The van der Waals surface area contributed by atoms with Gasteiger partial charge in [-0.25, -0.2) is 0 Å². The highest BCUT2D eigenvalue weighted by Crippen LogP contribution is 2.35. The number of nitrogens with zero attached hydrogens (tertiary/aromatic N) is 6. The van der Waals surface area contributed by atoms with Crippen molar-refractivity contribution in [3.63, 3.8) is 0 Å². The van der Waals surface area contributed by atoms with Gasteiger partial charge in [-0.15, -0.1) is 5.10 Å². The summed E-state index contributed by atoms with van der Waals surface area (Å²) < 4.78 is 11.3. The van der Waals surface area contributed by atoms with Crippen molar-refractivity contribution in [3.8, 4) is 10.6 Å². The van der Waals surface area contributed by atoms with E-state index < -0.39 is 0 Å². The fraction of sp³-hybridized carbons (Fsp3) is 0.524. The lowest BCUT2D eigenvalue weighted by atomic mass is 9.93. The van der Waals surface area contributed by atoms with Crippen molar-refractivity contribution in [3.05, 3.63) is 34.4 Å². The van der Waals surface area contributed by atoms with Gasteiger partial charge < -0.3 is 9.42 Å². The largest absolute Gasteiger partial charge is 0.355 e. The molecule has 3 aromatic rings. The van der Waals surface area contributed by atoms with E-state index in [9.17, 15) is 9.59 Å². The van der Waals surface area contributed by atoms with Crippen LogP contribution in [0.4, 0.5) is 0 Å². The Morgan fingerprint density at radius 1 is 1.29 bits per heavy atom. The molecule has 3 aromatic heterocycles. The number of rotatable bonds is 6. The number of Topliss-reactive ketones (excluding diaryl/α,β-unsaturated/α-hetero) is 1. The Hall–Kier alpha value is -2.88. The van der Waals surface area contributed by atoms with Gasteiger partial charge in [-0.3, -0.25) is 14.3 Å². The summed E-state index contributed by atoms with van der Waals surface area (Å²) in [6, 6.07) is 1.88. The molecular formula is C21H26N6O3S. The van der Waals surface area contributed by atoms with Crippen LogP contribution >= 0.6 is 11.5 Å². The van der Waals surface area contributed by atoms with E-state index in [1.165, 1.54) is 11.5 Å². The molecule has 0 bridgehead atoms. The molecule has 1 fully saturated rings. The van der Waals surface area contributed by atoms with Crippen LogP contribution in [0, 0.1) is 20.8 Å². The van der Waals surface area contributed by atoms with E-state index in [0.717, 1.165) is 41.3 Å². The third-order valence-corrected chi connectivity index (χ3v) is 6.55. The molecule has 31 heavy (non-hydrogen) atoms. The third kappa shape index (κ3) is 4.30. The van der Waals surface area contributed by atoms with E-state index in [1.54, 1.807) is 11.6 Å². The summed E-state index contributed by atoms with van der Waals surface area (Å²) in [4.78, 5) is 27.5. The first-order valence-corrected chi connectivity index (χ1v) is 11.2. The van der Waals surface area contributed by atoms with Gasteiger partial charge in [0.25, 0.3) is 0 Å². The minimum Gasteiger partial charge on any atom is -0.355 e. The normalized spacial score (nSPS) is 16.6. The average Bonchev–Trinajstić information content (AvgIpc) is 3.45. The second-order valence-corrected chi connectivity index (χ2v) is 8.83. The lowest BCUT2D eigenvalue weighted by Crippen LogP contribution is -2.39. The molecule has 0 aliphatic carbocycles. The van der Waals surface area contributed by atoms with Crippen LogP contribution in [0.1, 0.15) is 65.2 Å². The summed E-state index contributed by atoms with van der Waals surface area (Å²) in [6.45, 7) is 8.93. The highest BCUT2D eigenvalue weighted by atomic mass is 32.1. The third-order valence-electron chi connectivity index (χ3n) is 5.80. The van der Waals surface area contributed by atoms with Crippen molar-refractivity contribution in [2.75, 3.05) is 13.1 Å². The zero-order valence-electron chi connectivity index (χ0n) is 18.2. The number of carbonyl (C=O) groups excluding carboxylic acids is 2. The highest BCUT2D eigenvalue weighted by molar-refractivity contribution is 7.09. The zero-order valence-corrected chi connectivity index (χ0v) is 19.0. The predicted molar refractivity (Wildman–Crippen MR) is 115 cm³/mol. The average molecular weight is 443 g/mol. The van der Waals surface area contributed by atoms with Crippen LogP contribution < -0.4 is 0 Å². The summed E-state index contributed by atoms with van der Waals surface area (Å²) in [6.07, 6.45) is 2.21. The number of piperidine rings is 1. The molecule has 0 spiro atoms. The van der Waals surface area contributed by atoms with Gasteiger partial charge in [-0.2, -0.15) is 5.10 Å². The van der Waals surface area contributed by atoms with E-state index in [1.807, 2.05) is 31.7 Å². The van der Waals surface area contributed by atoms with Gasteiger partial charge in [0.2, 0.25) is 5.91 Å². The molecule has 1 atom stereocenters. The lowest BCUT2D eigenvalue weighted by molar-refractivity contribution is -0.132. The molecule has 0 aromatic carbocycles. The molecule has 10 heteroatoms. The maximum Gasteiger partial charge on any atom is 0.224 e. The van der Waals surface area contributed by atoms with Crippen molar-refractivity contribution in [1.82, 2.24) is 29.4 Å². The van der Waals surface area contributed by atoms with Crippen LogP contribution in [0.15, 0.2) is 10.6 Å². The van der Waals surface area contributed by atoms with Crippen molar-refractivity contribution in [2.24, 2.45) is 0 Å². The van der Waals surface area contributed by atoms with Crippen molar-refractivity contribution < 1.29 is 14.1 Å². The van der Waals surface area contributed by atoms with E-state index in [2.05, 4.69) is 19.8 Å². The molecule has 0 saturated carbocycles. The molecular weight excluding hydrogens is 416 g/mol. The minimum atomic E-state index is 0.000997. The summed E-state index contributed by atoms with van der Waals surface area (Å²) in [5, 5.41) is 12.8. The molecule has 4 heterocycles. The fourth-order valence-electron chi connectivity index (χ4n) is 4.32. The fourth-order valence-corrected chi connectivity index (χ4v) is 5.01. The Balaban J connectivity index is 1.43. The summed E-state index contributed by atoms with van der Waals surface area (Å²) in [5.41, 5.74) is 3.86. The second kappa shape index (κ2) is 8.70. The van der Waals surface area contributed by atoms with Crippen LogP contribution in [0.5, 0.6) is 0 Å². The van der Waals surface area contributed by atoms with Crippen molar-refractivity contribution in [1.29, 1.82) is 0 Å². The van der Waals surface area contributed by atoms with E-state index in [-0.39, 0.29) is 17.6 Å². The minimum absolute atomic E-state index is 0.000997. The Morgan fingerprint density at radius 2 is 2.10 bits per heavy atom. The second-order valence-electron chi connectivity index (χ2n) is 8.07. The number of ketones is 1. The maximum absolute atomic E-state index is 12.9. The molecule has 1 aliphatic heterocycles. The van der Waals surface area contributed by atoms with Gasteiger partial charge in [0, 0.05) is 43.7 Å². The summed E-state index contributed by atoms with van der Waals surface area (Å²) >= 11 is 1.30. The number of hydrogen-bond donors (Lipinski definition) is 0. The smallest absolute Gasteiger partial charge is 0.224 e. The molecule has 0 N–H and O–H groups in total. The first-order valence-electron chi connectivity index (χ1n) is 10.4. The van der Waals surface area contributed by atoms with Gasteiger partial charge in [0.1, 0.15) is 4.88 Å². The number of hydrogen-bond acceptors (Lipinski definition) is 8. The quantitative estimate of drug-likeness (QED) is 0.539. The molecule has 1 saturated heterocycles. The van der Waals surface area contributed by atoms with Gasteiger partial charge in [-0.1, -0.05) is 9.64 Å². The Kier molecular flexibility index (Phi) is 5.99. The Morgan fingerprint density at radius 3 is 2.77 bits per heavy atom. The van der Waals surface area contributed by atoms with Crippen LogP contribution in [0.2, 0.25) is 0 Å². The molecule has 164 valence electrons. The summed E-state index contributed by atoms with van der Waals surface area (Å²) in [5.74, 6) is 0.884. The molecule has 9 nitrogen and oxygen atoms in total. The van der Waals surface area contributed by atoms with Gasteiger partial charge in [0.15, 0.2) is 11.5 Å². The number of aryl methyl sites for hydroxylation is 3. The number of carbonyl (C=O) groups is 2.